The van der Waals surface area contributed by atoms with Gasteiger partial charge in [-0.2, -0.15) is 15.2 Å². The van der Waals surface area contributed by atoms with Crippen LogP contribution >= 0.6 is 0 Å². The molecule has 1 amide bonds. The number of piperazine rings is 1. The van der Waals surface area contributed by atoms with Crippen molar-refractivity contribution in [3.05, 3.63) is 71.4 Å². The quantitative estimate of drug-likeness (QED) is 0.388. The van der Waals surface area contributed by atoms with Crippen molar-refractivity contribution < 1.29 is 18.4 Å². The average Bonchev–Trinajstić information content (AvgIpc) is 3.46. The lowest BCUT2D eigenvalue weighted by Crippen LogP contribution is -2.55. The average molecular weight is 570 g/mol. The third-order valence-corrected chi connectivity index (χ3v) is 8.79. The minimum Gasteiger partial charge on any atom is -0.462 e. The second-order valence-electron chi connectivity index (χ2n) is 11.3. The first-order valence-corrected chi connectivity index (χ1v) is 14.6. The SMILES string of the molecule is [2H]C([2H])([2H])c1cccc2cccc(C3Cc4nc(OC[C@@H]5CCCN5C)nc(N5CCN(C(=O)C=C)[C@@H](CC#N)C5)c4CO3)c12. The molecule has 0 aliphatic carbocycles. The first-order chi connectivity index (χ1) is 21.7. The normalized spacial score (nSPS) is 23.9. The lowest BCUT2D eigenvalue weighted by Gasteiger charge is -2.42. The minimum absolute atomic E-state index is 0.187. The van der Waals surface area contributed by atoms with E-state index in [9.17, 15) is 10.1 Å². The molecule has 9 nitrogen and oxygen atoms in total. The van der Waals surface area contributed by atoms with Crippen LogP contribution in [-0.2, 0) is 22.6 Å². The molecule has 6 rings (SSSR count). The fraction of sp³-hybridized carbons (Fsp3) is 0.455. The van der Waals surface area contributed by atoms with E-state index in [2.05, 4.69) is 29.5 Å². The predicted molar refractivity (Wildman–Crippen MR) is 161 cm³/mol. The molecule has 3 aromatic rings. The molecule has 0 bridgehead atoms. The van der Waals surface area contributed by atoms with Gasteiger partial charge in [0.1, 0.15) is 12.4 Å². The van der Waals surface area contributed by atoms with Gasteiger partial charge in [0.25, 0.3) is 0 Å². The van der Waals surface area contributed by atoms with E-state index in [4.69, 9.17) is 23.6 Å². The van der Waals surface area contributed by atoms with Crippen LogP contribution in [0.25, 0.3) is 10.8 Å². The molecule has 3 aliphatic rings. The number of fused-ring (bicyclic) bond motifs is 2. The van der Waals surface area contributed by atoms with Crippen LogP contribution in [0.5, 0.6) is 6.01 Å². The highest BCUT2D eigenvalue weighted by molar-refractivity contribution is 5.89. The second kappa shape index (κ2) is 12.1. The number of nitriles is 1. The summed E-state index contributed by atoms with van der Waals surface area (Å²) >= 11 is 0. The molecule has 0 radical (unpaired) electrons. The van der Waals surface area contributed by atoms with Crippen LogP contribution < -0.4 is 9.64 Å². The van der Waals surface area contributed by atoms with E-state index in [1.165, 1.54) is 6.08 Å². The predicted octanol–water partition coefficient (Wildman–Crippen LogP) is 4.34. The van der Waals surface area contributed by atoms with Crippen LogP contribution in [0.15, 0.2) is 49.1 Å². The number of hydrogen-bond donors (Lipinski definition) is 0. The van der Waals surface area contributed by atoms with E-state index in [1.54, 1.807) is 17.0 Å². The Hall–Kier alpha value is -4.00. The number of rotatable bonds is 7. The number of likely N-dealkylation sites (tertiary alicyclic amines) is 1. The molecular weight excluding hydrogens is 528 g/mol. The van der Waals surface area contributed by atoms with Crippen LogP contribution in [0.1, 0.15) is 51.9 Å². The van der Waals surface area contributed by atoms with Gasteiger partial charge in [0.15, 0.2) is 0 Å². The molecule has 3 aliphatic heterocycles. The van der Waals surface area contributed by atoms with Crippen LogP contribution in [0.4, 0.5) is 5.82 Å². The summed E-state index contributed by atoms with van der Waals surface area (Å²) in [5.74, 6) is 0.491. The molecular formula is C33H38N6O3. The smallest absolute Gasteiger partial charge is 0.318 e. The molecule has 2 aromatic carbocycles. The molecule has 0 N–H and O–H groups in total. The van der Waals surface area contributed by atoms with Crippen molar-refractivity contribution in [1.82, 2.24) is 19.8 Å². The van der Waals surface area contributed by atoms with Crippen molar-refractivity contribution in [3.8, 4) is 12.1 Å². The van der Waals surface area contributed by atoms with Gasteiger partial charge in [0.2, 0.25) is 5.91 Å². The topological polar surface area (TPSA) is 94.8 Å². The van der Waals surface area contributed by atoms with Gasteiger partial charge in [-0.15, -0.1) is 0 Å². The fourth-order valence-corrected chi connectivity index (χ4v) is 6.49. The summed E-state index contributed by atoms with van der Waals surface area (Å²) in [6.45, 7) is 4.45. The molecule has 1 unspecified atom stereocenters. The van der Waals surface area contributed by atoms with Crippen LogP contribution in [0.2, 0.25) is 0 Å². The molecule has 0 spiro atoms. The number of hydrogen-bond acceptors (Lipinski definition) is 8. The third kappa shape index (κ3) is 5.44. The van der Waals surface area contributed by atoms with Crippen molar-refractivity contribution in [2.24, 2.45) is 0 Å². The highest BCUT2D eigenvalue weighted by Gasteiger charge is 2.34. The number of carbonyl (C=O) groups excluding carboxylic acids is 1. The van der Waals surface area contributed by atoms with E-state index in [1.807, 2.05) is 24.3 Å². The maximum Gasteiger partial charge on any atom is 0.318 e. The zero-order valence-corrected chi connectivity index (χ0v) is 24.0. The van der Waals surface area contributed by atoms with Crippen LogP contribution in [-0.4, -0.2) is 77.6 Å². The lowest BCUT2D eigenvalue weighted by atomic mass is 9.92. The van der Waals surface area contributed by atoms with Crippen molar-refractivity contribution >= 4 is 22.5 Å². The third-order valence-electron chi connectivity index (χ3n) is 8.79. The number of carbonyl (C=O) groups is 1. The van der Waals surface area contributed by atoms with Crippen LogP contribution in [0.3, 0.4) is 0 Å². The maximum atomic E-state index is 12.5. The van der Waals surface area contributed by atoms with Crippen molar-refractivity contribution in [2.75, 3.05) is 44.7 Å². The number of ether oxygens (including phenoxy) is 2. The largest absolute Gasteiger partial charge is 0.462 e. The van der Waals surface area contributed by atoms with Crippen molar-refractivity contribution in [1.29, 1.82) is 5.26 Å². The van der Waals surface area contributed by atoms with E-state index >= 15 is 0 Å². The maximum absolute atomic E-state index is 12.5. The van der Waals surface area contributed by atoms with Gasteiger partial charge in [-0.3, -0.25) is 4.79 Å². The van der Waals surface area contributed by atoms with Gasteiger partial charge in [0, 0.05) is 41.8 Å². The summed E-state index contributed by atoms with van der Waals surface area (Å²) in [5, 5.41) is 11.1. The fourth-order valence-electron chi connectivity index (χ4n) is 6.49. The van der Waals surface area contributed by atoms with Gasteiger partial charge >= 0.3 is 6.01 Å². The highest BCUT2D eigenvalue weighted by atomic mass is 16.5. The molecule has 3 atom stereocenters. The lowest BCUT2D eigenvalue weighted by molar-refractivity contribution is -0.128. The van der Waals surface area contributed by atoms with Gasteiger partial charge < -0.3 is 24.2 Å². The summed E-state index contributed by atoms with van der Waals surface area (Å²) in [6.07, 6.45) is 3.64. The second-order valence-corrected chi connectivity index (χ2v) is 11.3. The van der Waals surface area contributed by atoms with E-state index in [0.29, 0.717) is 49.4 Å². The first-order valence-electron chi connectivity index (χ1n) is 16.1. The summed E-state index contributed by atoms with van der Waals surface area (Å²) in [4.78, 5) is 28.4. The van der Waals surface area contributed by atoms with Crippen LogP contribution in [0, 0.1) is 18.2 Å². The summed E-state index contributed by atoms with van der Waals surface area (Å²) < 4.78 is 37.3. The zero-order chi connectivity index (χ0) is 31.7. The molecule has 218 valence electrons. The first kappa shape index (κ1) is 24.6. The number of benzene rings is 2. The molecule has 4 heterocycles. The molecule has 0 saturated carbocycles. The molecule has 9 heteroatoms. The monoisotopic (exact) mass is 569 g/mol. The Morgan fingerprint density at radius 2 is 2.10 bits per heavy atom. The number of anilines is 1. The molecule has 42 heavy (non-hydrogen) atoms. The molecule has 1 aromatic heterocycles. The number of likely N-dealkylation sites (N-methyl/N-ethyl adjacent to an activating group) is 1. The van der Waals surface area contributed by atoms with Crippen molar-refractivity contribution in [2.45, 2.75) is 57.3 Å². The minimum atomic E-state index is -2.28. The Kier molecular flexibility index (Phi) is 7.07. The summed E-state index contributed by atoms with van der Waals surface area (Å²) in [5.41, 5.74) is 2.74. The number of aromatic nitrogens is 2. The van der Waals surface area contributed by atoms with Gasteiger partial charge in [-0.05, 0) is 61.3 Å². The van der Waals surface area contributed by atoms with E-state index < -0.39 is 13.0 Å². The summed E-state index contributed by atoms with van der Waals surface area (Å²) in [7, 11) is 2.10. The van der Waals surface area contributed by atoms with E-state index in [-0.39, 0.29) is 37.0 Å². The number of nitrogens with zero attached hydrogens (tertiary/aromatic N) is 6. The van der Waals surface area contributed by atoms with Gasteiger partial charge in [-0.1, -0.05) is 43.0 Å². The highest BCUT2D eigenvalue weighted by Crippen LogP contribution is 2.38. The Morgan fingerprint density at radius 1 is 1.24 bits per heavy atom. The van der Waals surface area contributed by atoms with Crippen molar-refractivity contribution in [3.63, 3.8) is 0 Å². The Morgan fingerprint density at radius 3 is 2.86 bits per heavy atom. The Balaban J connectivity index is 1.36. The standard InChI is InChI=1S/C33H38N6O3/c1-4-30(40)39-17-16-38(19-24(39)13-14-34)32-27-21-41-29(26-12-6-10-23-9-5-8-22(2)31(23)26)18-28(27)35-33(36-32)42-20-25-11-7-15-37(25)3/h4-6,8-10,12,24-25,29H,1,7,11,13,15-21H2,2-3H3/t24-,25-,29?/m0/s1/i2D3. The van der Waals surface area contributed by atoms with Gasteiger partial charge in [-0.25, -0.2) is 0 Å². The van der Waals surface area contributed by atoms with Gasteiger partial charge in [0.05, 0.1) is 36.9 Å². The number of amides is 1. The van der Waals surface area contributed by atoms with E-state index in [0.717, 1.165) is 41.6 Å². The molecule has 2 fully saturated rings. The Labute approximate surface area is 251 Å². The number of aryl methyl sites for hydroxylation is 1. The Bertz CT molecular complexity index is 1640. The zero-order valence-electron chi connectivity index (χ0n) is 27.0. The summed E-state index contributed by atoms with van der Waals surface area (Å²) in [6, 6.07) is 13.6. The molecule has 2 saturated heterocycles.